The Kier molecular flexibility index (Phi) is 4.23. The molecule has 0 amide bonds. The molecule has 3 nitrogen and oxygen atoms in total. The summed E-state index contributed by atoms with van der Waals surface area (Å²) in [7, 11) is 0. The Morgan fingerprint density at radius 3 is 2.80 bits per heavy atom. The molecule has 1 aromatic heterocycles. The highest BCUT2D eigenvalue weighted by molar-refractivity contribution is 7.99. The molecule has 0 saturated carbocycles. The van der Waals surface area contributed by atoms with Crippen molar-refractivity contribution in [2.24, 2.45) is 0 Å². The summed E-state index contributed by atoms with van der Waals surface area (Å²) in [4.78, 5) is 0. The lowest BCUT2D eigenvalue weighted by Crippen LogP contribution is -2.17. The predicted octanol–water partition coefficient (Wildman–Crippen LogP) is 2.54. The zero-order chi connectivity index (χ0) is 10.5. The van der Waals surface area contributed by atoms with Gasteiger partial charge in [-0.3, -0.25) is 0 Å². The number of ether oxygens (including phenoxy) is 1. The Morgan fingerprint density at radius 1 is 1.33 bits per heavy atom. The molecule has 2 rings (SSSR count). The van der Waals surface area contributed by atoms with Gasteiger partial charge in [-0.1, -0.05) is 11.6 Å². The average molecular weight is 245 g/mol. The molecule has 0 spiro atoms. The van der Waals surface area contributed by atoms with Crippen molar-refractivity contribution in [3.05, 3.63) is 23.0 Å². The largest absolute Gasteiger partial charge is 0.381 e. The third-order valence-corrected chi connectivity index (χ3v) is 3.93. The summed E-state index contributed by atoms with van der Waals surface area (Å²) in [6, 6.07) is 3.72. The molecule has 0 N–H and O–H groups in total. The van der Waals surface area contributed by atoms with Crippen LogP contribution in [0.1, 0.15) is 18.5 Å². The van der Waals surface area contributed by atoms with Crippen LogP contribution in [0.2, 0.25) is 5.15 Å². The van der Waals surface area contributed by atoms with Gasteiger partial charge in [-0.2, -0.15) is 16.9 Å². The zero-order valence-electron chi connectivity index (χ0n) is 8.36. The maximum Gasteiger partial charge on any atom is 0.151 e. The first kappa shape index (κ1) is 11.2. The van der Waals surface area contributed by atoms with Gasteiger partial charge in [0.25, 0.3) is 0 Å². The van der Waals surface area contributed by atoms with Crippen LogP contribution in [-0.2, 0) is 10.5 Å². The maximum absolute atomic E-state index is 5.66. The third-order valence-electron chi connectivity index (χ3n) is 2.32. The first-order chi connectivity index (χ1) is 7.34. The van der Waals surface area contributed by atoms with Gasteiger partial charge >= 0.3 is 0 Å². The van der Waals surface area contributed by atoms with Gasteiger partial charge in [-0.15, -0.1) is 5.10 Å². The molecule has 0 radical (unpaired) electrons. The van der Waals surface area contributed by atoms with Gasteiger partial charge in [0, 0.05) is 24.2 Å². The van der Waals surface area contributed by atoms with Crippen molar-refractivity contribution < 1.29 is 4.74 Å². The molecule has 15 heavy (non-hydrogen) atoms. The van der Waals surface area contributed by atoms with Crippen molar-refractivity contribution in [3.63, 3.8) is 0 Å². The predicted molar refractivity (Wildman–Crippen MR) is 62.2 cm³/mol. The van der Waals surface area contributed by atoms with Crippen LogP contribution in [0.5, 0.6) is 0 Å². The van der Waals surface area contributed by atoms with Crippen LogP contribution in [0, 0.1) is 0 Å². The molecular formula is C10H13ClN2OS. The highest BCUT2D eigenvalue weighted by atomic mass is 35.5. The molecule has 1 aliphatic rings. The molecule has 2 heterocycles. The Bertz CT molecular complexity index is 301. The van der Waals surface area contributed by atoms with Crippen LogP contribution in [-0.4, -0.2) is 28.7 Å². The molecule has 0 aromatic carbocycles. The van der Waals surface area contributed by atoms with Crippen molar-refractivity contribution in [2.45, 2.75) is 23.8 Å². The van der Waals surface area contributed by atoms with E-state index in [-0.39, 0.29) is 0 Å². The van der Waals surface area contributed by atoms with Crippen molar-refractivity contribution in [1.29, 1.82) is 0 Å². The molecule has 82 valence electrons. The maximum atomic E-state index is 5.66. The number of aromatic nitrogens is 2. The van der Waals surface area contributed by atoms with Crippen molar-refractivity contribution in [1.82, 2.24) is 10.2 Å². The minimum Gasteiger partial charge on any atom is -0.381 e. The molecule has 1 fully saturated rings. The van der Waals surface area contributed by atoms with Gasteiger partial charge in [0.1, 0.15) is 0 Å². The van der Waals surface area contributed by atoms with E-state index in [0.29, 0.717) is 10.4 Å². The summed E-state index contributed by atoms with van der Waals surface area (Å²) in [6.07, 6.45) is 2.29. The van der Waals surface area contributed by atoms with E-state index in [1.807, 2.05) is 17.8 Å². The topological polar surface area (TPSA) is 35.0 Å². The standard InChI is InChI=1S/C10H13ClN2OS/c11-10-2-1-8(12-13-10)7-15-9-3-5-14-6-4-9/h1-2,9H,3-7H2. The van der Waals surface area contributed by atoms with Crippen molar-refractivity contribution in [2.75, 3.05) is 13.2 Å². The lowest BCUT2D eigenvalue weighted by Gasteiger charge is -2.21. The van der Waals surface area contributed by atoms with Crippen molar-refractivity contribution in [3.8, 4) is 0 Å². The van der Waals surface area contributed by atoms with Crippen LogP contribution in [0.25, 0.3) is 0 Å². The lowest BCUT2D eigenvalue weighted by atomic mass is 10.2. The fraction of sp³-hybridized carbons (Fsp3) is 0.600. The molecule has 0 bridgehead atoms. The van der Waals surface area contributed by atoms with Gasteiger partial charge in [0.05, 0.1) is 5.69 Å². The van der Waals surface area contributed by atoms with Crippen LogP contribution in [0.15, 0.2) is 12.1 Å². The normalized spacial score (nSPS) is 17.9. The van der Waals surface area contributed by atoms with Crippen molar-refractivity contribution >= 4 is 23.4 Å². The summed E-state index contributed by atoms with van der Waals surface area (Å²) >= 11 is 7.59. The average Bonchev–Trinajstić information content (AvgIpc) is 2.30. The van der Waals surface area contributed by atoms with E-state index in [4.69, 9.17) is 16.3 Å². The Labute approximate surface area is 98.6 Å². The molecule has 1 saturated heterocycles. The summed E-state index contributed by atoms with van der Waals surface area (Å²) in [5.41, 5.74) is 0.996. The first-order valence-corrected chi connectivity index (χ1v) is 6.45. The fourth-order valence-corrected chi connectivity index (χ4v) is 2.65. The molecule has 0 atom stereocenters. The molecule has 0 aliphatic carbocycles. The number of thioether (sulfide) groups is 1. The third kappa shape index (κ3) is 3.63. The fourth-order valence-electron chi connectivity index (χ4n) is 1.47. The zero-order valence-corrected chi connectivity index (χ0v) is 9.93. The SMILES string of the molecule is Clc1ccc(CSC2CCOCC2)nn1. The number of halogens is 1. The quantitative estimate of drug-likeness (QED) is 0.819. The number of rotatable bonds is 3. The molecular weight excluding hydrogens is 232 g/mol. The van der Waals surface area contributed by atoms with Gasteiger partial charge in [0.2, 0.25) is 0 Å². The minimum absolute atomic E-state index is 0.454. The van der Waals surface area contributed by atoms with E-state index in [9.17, 15) is 0 Å². The molecule has 0 unspecified atom stereocenters. The Hall–Kier alpha value is -0.320. The van der Waals surface area contributed by atoms with Gasteiger partial charge in [0.15, 0.2) is 5.15 Å². The van der Waals surface area contributed by atoms with Crippen LogP contribution in [0.3, 0.4) is 0 Å². The second-order valence-electron chi connectivity index (χ2n) is 3.47. The van der Waals surface area contributed by atoms with E-state index in [2.05, 4.69) is 10.2 Å². The highest BCUT2D eigenvalue weighted by Crippen LogP contribution is 2.24. The van der Waals surface area contributed by atoms with Gasteiger partial charge in [-0.25, -0.2) is 0 Å². The summed E-state index contributed by atoms with van der Waals surface area (Å²) < 4.78 is 5.31. The van der Waals surface area contributed by atoms with Crippen LogP contribution < -0.4 is 0 Å². The second kappa shape index (κ2) is 5.68. The Balaban J connectivity index is 1.79. The summed E-state index contributed by atoms with van der Waals surface area (Å²) in [5.74, 6) is 0.912. The van der Waals surface area contributed by atoms with Gasteiger partial charge < -0.3 is 4.74 Å². The monoisotopic (exact) mass is 244 g/mol. The number of nitrogens with zero attached hydrogens (tertiary/aromatic N) is 2. The van der Waals surface area contributed by atoms with Gasteiger partial charge in [-0.05, 0) is 25.0 Å². The van der Waals surface area contributed by atoms with E-state index in [0.717, 1.165) is 37.5 Å². The van der Waals surface area contributed by atoms with E-state index < -0.39 is 0 Å². The lowest BCUT2D eigenvalue weighted by molar-refractivity contribution is 0.1000. The minimum atomic E-state index is 0.454. The molecule has 1 aromatic rings. The number of hydrogen-bond donors (Lipinski definition) is 0. The number of hydrogen-bond acceptors (Lipinski definition) is 4. The second-order valence-corrected chi connectivity index (χ2v) is 5.15. The van der Waals surface area contributed by atoms with E-state index in [1.165, 1.54) is 0 Å². The van der Waals surface area contributed by atoms with E-state index >= 15 is 0 Å². The highest BCUT2D eigenvalue weighted by Gasteiger charge is 2.14. The smallest absolute Gasteiger partial charge is 0.151 e. The first-order valence-electron chi connectivity index (χ1n) is 5.02. The summed E-state index contributed by atoms with van der Waals surface area (Å²) in [6.45, 7) is 1.79. The summed E-state index contributed by atoms with van der Waals surface area (Å²) in [5, 5.41) is 9.01. The Morgan fingerprint density at radius 2 is 2.13 bits per heavy atom. The van der Waals surface area contributed by atoms with Crippen LogP contribution in [0.4, 0.5) is 0 Å². The van der Waals surface area contributed by atoms with E-state index in [1.54, 1.807) is 6.07 Å². The molecule has 5 heteroatoms. The molecule has 1 aliphatic heterocycles. The van der Waals surface area contributed by atoms with Crippen LogP contribution >= 0.6 is 23.4 Å².